The van der Waals surface area contributed by atoms with Gasteiger partial charge in [-0.1, -0.05) is 170 Å². The number of thioether (sulfide) groups is 1. The van der Waals surface area contributed by atoms with Crippen molar-refractivity contribution < 1.29 is 0 Å². The molecule has 1 unspecified atom stereocenters. The van der Waals surface area contributed by atoms with Crippen molar-refractivity contribution in [3.8, 4) is 67.5 Å². The van der Waals surface area contributed by atoms with E-state index >= 15 is 0 Å². The van der Waals surface area contributed by atoms with Gasteiger partial charge in [-0.15, -0.1) is 23.1 Å². The number of fused-ring (bicyclic) bond motifs is 6. The molecule has 1 aliphatic carbocycles. The molecule has 0 bridgehead atoms. The first-order valence-corrected chi connectivity index (χ1v) is 22.7. The Hall–Kier alpha value is -7.18. The van der Waals surface area contributed by atoms with Gasteiger partial charge in [0.1, 0.15) is 0 Å². The number of hydrogen-bond acceptors (Lipinski definition) is 5. The molecule has 0 saturated carbocycles. The molecule has 8 aromatic carbocycles. The molecule has 62 heavy (non-hydrogen) atoms. The van der Waals surface area contributed by atoms with Gasteiger partial charge in [-0.3, -0.25) is 0 Å². The quantitative estimate of drug-likeness (QED) is 0.160. The third kappa shape index (κ3) is 6.58. The van der Waals surface area contributed by atoms with Gasteiger partial charge in [-0.2, -0.15) is 0 Å². The first-order valence-electron chi connectivity index (χ1n) is 21.0. The molecule has 0 radical (unpaired) electrons. The zero-order chi connectivity index (χ0) is 41.0. The number of allylic oxidation sites excluding steroid dienone is 3. The fraction of sp³-hybridized carbons (Fsp3) is 0.0351. The summed E-state index contributed by atoms with van der Waals surface area (Å²) in [5.41, 5.74) is 15.3. The van der Waals surface area contributed by atoms with Crippen LogP contribution in [0.25, 0.3) is 98.9 Å². The van der Waals surface area contributed by atoms with Gasteiger partial charge in [0.05, 0.1) is 0 Å². The van der Waals surface area contributed by atoms with E-state index in [1.165, 1.54) is 69.8 Å². The third-order valence-corrected chi connectivity index (χ3v) is 14.6. The van der Waals surface area contributed by atoms with Gasteiger partial charge in [-0.25, -0.2) is 15.0 Å². The van der Waals surface area contributed by atoms with Crippen molar-refractivity contribution >= 4 is 54.4 Å². The van der Waals surface area contributed by atoms with E-state index in [0.717, 1.165) is 34.1 Å². The minimum Gasteiger partial charge on any atom is -0.208 e. The SMILES string of the molecule is C1=C(c2cccc(-c3nc(-c4ccccc4)nc(-c4cccc5sc6ccc(-c7ccccc7-c7ccc(-c8ccccc8)cc7)cc6c45)n3)c2)C=C2c3ccccc3SC2C1. The Bertz CT molecular complexity index is 3400. The van der Waals surface area contributed by atoms with Crippen LogP contribution in [0.1, 0.15) is 17.5 Å². The summed E-state index contributed by atoms with van der Waals surface area (Å²) in [4.78, 5) is 17.1. The molecular formula is C57H37N3S2. The van der Waals surface area contributed by atoms with Crippen molar-refractivity contribution in [1.29, 1.82) is 0 Å². The molecule has 2 aliphatic rings. The van der Waals surface area contributed by atoms with Gasteiger partial charge in [0.2, 0.25) is 0 Å². The molecule has 0 saturated heterocycles. The van der Waals surface area contributed by atoms with E-state index in [2.05, 4.69) is 188 Å². The van der Waals surface area contributed by atoms with Gasteiger partial charge in [0, 0.05) is 47.0 Å². The summed E-state index contributed by atoms with van der Waals surface area (Å²) in [5, 5.41) is 2.82. The predicted octanol–water partition coefficient (Wildman–Crippen LogP) is 15.6. The molecule has 1 atom stereocenters. The zero-order valence-corrected chi connectivity index (χ0v) is 35.2. The Morgan fingerprint density at radius 3 is 1.79 bits per heavy atom. The van der Waals surface area contributed by atoms with Gasteiger partial charge in [-0.05, 0) is 98.5 Å². The normalized spacial score (nSPS) is 14.4. The summed E-state index contributed by atoms with van der Waals surface area (Å²) in [6.07, 6.45) is 5.78. The maximum atomic E-state index is 5.31. The minimum atomic E-state index is 0.470. The summed E-state index contributed by atoms with van der Waals surface area (Å²) < 4.78 is 2.43. The first kappa shape index (κ1) is 36.7. The fourth-order valence-electron chi connectivity index (χ4n) is 9.03. The molecule has 5 heteroatoms. The van der Waals surface area contributed by atoms with Crippen LogP contribution in [0, 0.1) is 0 Å². The largest absolute Gasteiger partial charge is 0.208 e. The molecule has 10 aromatic rings. The zero-order valence-electron chi connectivity index (χ0n) is 33.6. The molecule has 12 rings (SSSR count). The van der Waals surface area contributed by atoms with Gasteiger partial charge in [0.15, 0.2) is 17.5 Å². The van der Waals surface area contributed by atoms with Crippen LogP contribution >= 0.6 is 23.1 Å². The first-order chi connectivity index (χ1) is 30.7. The van der Waals surface area contributed by atoms with Crippen LogP contribution in [-0.2, 0) is 0 Å². The highest BCUT2D eigenvalue weighted by atomic mass is 32.2. The lowest BCUT2D eigenvalue weighted by atomic mass is 9.90. The van der Waals surface area contributed by atoms with E-state index < -0.39 is 0 Å². The van der Waals surface area contributed by atoms with Crippen LogP contribution < -0.4 is 0 Å². The summed E-state index contributed by atoms with van der Waals surface area (Å²) in [5.74, 6) is 1.97. The highest BCUT2D eigenvalue weighted by Gasteiger charge is 2.29. The van der Waals surface area contributed by atoms with Crippen LogP contribution in [0.3, 0.4) is 0 Å². The Kier molecular flexibility index (Phi) is 9.09. The van der Waals surface area contributed by atoms with Gasteiger partial charge in [0.25, 0.3) is 0 Å². The maximum absolute atomic E-state index is 5.31. The Morgan fingerprint density at radius 1 is 0.403 bits per heavy atom. The number of nitrogens with zero attached hydrogens (tertiary/aromatic N) is 3. The van der Waals surface area contributed by atoms with E-state index in [1.54, 1.807) is 0 Å². The highest BCUT2D eigenvalue weighted by molar-refractivity contribution is 8.00. The molecule has 0 amide bonds. The van der Waals surface area contributed by atoms with E-state index in [0.29, 0.717) is 22.7 Å². The topological polar surface area (TPSA) is 38.7 Å². The second kappa shape index (κ2) is 15.4. The third-order valence-electron chi connectivity index (χ3n) is 12.1. The highest BCUT2D eigenvalue weighted by Crippen LogP contribution is 2.50. The molecule has 0 N–H and O–H groups in total. The second-order valence-corrected chi connectivity index (χ2v) is 18.2. The summed E-state index contributed by atoms with van der Waals surface area (Å²) in [7, 11) is 0. The lowest BCUT2D eigenvalue weighted by Gasteiger charge is -2.17. The van der Waals surface area contributed by atoms with Crippen molar-refractivity contribution in [2.24, 2.45) is 0 Å². The molecule has 0 fully saturated rings. The fourth-order valence-corrected chi connectivity index (χ4v) is 11.4. The van der Waals surface area contributed by atoms with Crippen LogP contribution in [0.5, 0.6) is 0 Å². The van der Waals surface area contributed by atoms with Crippen molar-refractivity contribution in [2.75, 3.05) is 0 Å². The maximum Gasteiger partial charge on any atom is 0.164 e. The van der Waals surface area contributed by atoms with Crippen molar-refractivity contribution in [3.05, 3.63) is 217 Å². The van der Waals surface area contributed by atoms with Crippen LogP contribution in [-0.4, -0.2) is 20.2 Å². The van der Waals surface area contributed by atoms with E-state index in [9.17, 15) is 0 Å². The number of benzene rings is 8. The predicted molar refractivity (Wildman–Crippen MR) is 262 cm³/mol. The second-order valence-electron chi connectivity index (χ2n) is 15.8. The number of aromatic nitrogens is 3. The number of hydrogen-bond donors (Lipinski definition) is 0. The van der Waals surface area contributed by atoms with Crippen molar-refractivity contribution in [2.45, 2.75) is 16.6 Å². The monoisotopic (exact) mass is 827 g/mol. The van der Waals surface area contributed by atoms with Crippen LogP contribution in [0.2, 0.25) is 0 Å². The van der Waals surface area contributed by atoms with E-state index in [4.69, 9.17) is 15.0 Å². The summed E-state index contributed by atoms with van der Waals surface area (Å²) in [6.45, 7) is 0. The molecule has 292 valence electrons. The number of rotatable bonds is 7. The average Bonchev–Trinajstić information content (AvgIpc) is 3.92. The van der Waals surface area contributed by atoms with E-state index in [-0.39, 0.29) is 0 Å². The average molecular weight is 828 g/mol. The Morgan fingerprint density at radius 2 is 0.984 bits per heavy atom. The molecule has 3 heterocycles. The Labute approximate surface area is 368 Å². The van der Waals surface area contributed by atoms with Crippen molar-refractivity contribution in [1.82, 2.24) is 15.0 Å². The standard InChI is InChI=1S/C57H37N3S2/c1-3-13-36(14-4-1)37-25-27-38(28-26-37)44-19-7-8-20-45(44)42-30-32-52-49(35-42)54-47(22-12-24-53(54)62-52)57-59-55(39-15-5-2-6-16-39)58-56(60-57)43-18-11-17-40(33-43)41-29-31-51-48(34-41)46-21-9-10-23-50(46)61-51/h1-30,32-35,51H,31H2. The van der Waals surface area contributed by atoms with Gasteiger partial charge < -0.3 is 0 Å². The molecule has 1 aliphatic heterocycles. The smallest absolute Gasteiger partial charge is 0.164 e. The van der Waals surface area contributed by atoms with E-state index in [1.807, 2.05) is 41.3 Å². The van der Waals surface area contributed by atoms with Crippen LogP contribution in [0.15, 0.2) is 211 Å². The minimum absolute atomic E-state index is 0.470. The van der Waals surface area contributed by atoms with Crippen molar-refractivity contribution in [3.63, 3.8) is 0 Å². The summed E-state index contributed by atoms with van der Waals surface area (Å²) >= 11 is 3.79. The molecular weight excluding hydrogens is 791 g/mol. The lowest BCUT2D eigenvalue weighted by molar-refractivity contribution is 1.08. The molecule has 3 nitrogen and oxygen atoms in total. The number of thiophene rings is 1. The molecule has 0 spiro atoms. The lowest BCUT2D eigenvalue weighted by Crippen LogP contribution is -2.04. The Balaban J connectivity index is 0.964. The molecule has 2 aromatic heterocycles. The van der Waals surface area contributed by atoms with Crippen LogP contribution in [0.4, 0.5) is 0 Å². The summed E-state index contributed by atoms with van der Waals surface area (Å²) in [6, 6.07) is 69.4. The van der Waals surface area contributed by atoms with Gasteiger partial charge >= 0.3 is 0 Å².